The molecule has 0 bridgehead atoms. The Morgan fingerprint density at radius 3 is 2.30 bits per heavy atom. The minimum Gasteiger partial charge on any atom is -0.444 e. The van der Waals surface area contributed by atoms with Crippen molar-refractivity contribution in [2.75, 3.05) is 26.2 Å². The van der Waals surface area contributed by atoms with Crippen LogP contribution in [0.2, 0.25) is 0 Å². The van der Waals surface area contributed by atoms with Crippen LogP contribution in [0.1, 0.15) is 59.3 Å². The van der Waals surface area contributed by atoms with Crippen molar-refractivity contribution in [1.29, 1.82) is 0 Å². The van der Waals surface area contributed by atoms with E-state index < -0.39 is 5.60 Å². The van der Waals surface area contributed by atoms with Crippen molar-refractivity contribution in [3.63, 3.8) is 0 Å². The largest absolute Gasteiger partial charge is 0.444 e. The SMILES string of the molecule is CC(C)(C)OC(=O)N1CCCC(N2CCCCC2)CC1. The number of piperidine rings is 1. The van der Waals surface area contributed by atoms with Crippen molar-refractivity contribution in [1.82, 2.24) is 9.80 Å². The van der Waals surface area contributed by atoms with Gasteiger partial charge >= 0.3 is 6.09 Å². The number of nitrogens with zero attached hydrogens (tertiary/aromatic N) is 2. The first-order valence-corrected chi connectivity index (χ1v) is 8.18. The summed E-state index contributed by atoms with van der Waals surface area (Å²) in [7, 11) is 0. The standard InChI is InChI=1S/C16H30N2O2/c1-16(2,3)20-15(19)18-12-7-8-14(9-13-18)17-10-5-4-6-11-17/h14H,4-13H2,1-3H3. The summed E-state index contributed by atoms with van der Waals surface area (Å²) in [6.07, 6.45) is 7.34. The third-order valence-corrected chi connectivity index (χ3v) is 4.26. The highest BCUT2D eigenvalue weighted by Crippen LogP contribution is 2.22. The van der Waals surface area contributed by atoms with E-state index in [9.17, 15) is 4.79 Å². The molecule has 0 radical (unpaired) electrons. The maximum Gasteiger partial charge on any atom is 0.410 e. The van der Waals surface area contributed by atoms with Crippen molar-refractivity contribution in [3.8, 4) is 0 Å². The molecule has 2 aliphatic heterocycles. The molecule has 4 nitrogen and oxygen atoms in total. The van der Waals surface area contributed by atoms with Crippen LogP contribution in [0.4, 0.5) is 4.79 Å². The predicted octanol–water partition coefficient (Wildman–Crippen LogP) is 3.26. The lowest BCUT2D eigenvalue weighted by Crippen LogP contribution is -2.41. The van der Waals surface area contributed by atoms with Crippen molar-refractivity contribution < 1.29 is 9.53 Å². The first-order valence-electron chi connectivity index (χ1n) is 8.18. The molecule has 2 saturated heterocycles. The van der Waals surface area contributed by atoms with Gasteiger partial charge in [0.05, 0.1) is 0 Å². The maximum atomic E-state index is 12.1. The van der Waals surface area contributed by atoms with Crippen LogP contribution in [-0.4, -0.2) is 53.7 Å². The van der Waals surface area contributed by atoms with Crippen molar-refractivity contribution in [2.24, 2.45) is 0 Å². The molecule has 0 aromatic rings. The van der Waals surface area contributed by atoms with Gasteiger partial charge in [0.1, 0.15) is 5.60 Å². The summed E-state index contributed by atoms with van der Waals surface area (Å²) in [5.74, 6) is 0. The van der Waals surface area contributed by atoms with Crippen LogP contribution in [0, 0.1) is 0 Å². The van der Waals surface area contributed by atoms with E-state index in [1.54, 1.807) is 0 Å². The van der Waals surface area contributed by atoms with Gasteiger partial charge in [-0.2, -0.15) is 0 Å². The lowest BCUT2D eigenvalue weighted by Gasteiger charge is -2.34. The van der Waals surface area contributed by atoms with Crippen LogP contribution in [0.25, 0.3) is 0 Å². The van der Waals surface area contributed by atoms with E-state index in [1.165, 1.54) is 38.8 Å². The Bertz CT molecular complexity index is 319. The van der Waals surface area contributed by atoms with E-state index in [1.807, 2.05) is 25.7 Å². The van der Waals surface area contributed by atoms with E-state index in [4.69, 9.17) is 4.74 Å². The quantitative estimate of drug-likeness (QED) is 0.740. The number of carbonyl (C=O) groups is 1. The number of likely N-dealkylation sites (tertiary alicyclic amines) is 2. The summed E-state index contributed by atoms with van der Waals surface area (Å²) >= 11 is 0. The molecule has 0 aromatic carbocycles. The summed E-state index contributed by atoms with van der Waals surface area (Å²) in [5, 5.41) is 0. The molecular weight excluding hydrogens is 252 g/mol. The summed E-state index contributed by atoms with van der Waals surface area (Å²) in [6.45, 7) is 9.97. The Labute approximate surface area is 123 Å². The molecule has 2 aliphatic rings. The summed E-state index contributed by atoms with van der Waals surface area (Å²) < 4.78 is 5.49. The highest BCUT2D eigenvalue weighted by Gasteiger charge is 2.27. The molecule has 1 atom stereocenters. The van der Waals surface area contributed by atoms with Crippen LogP contribution in [0.5, 0.6) is 0 Å². The van der Waals surface area contributed by atoms with Gasteiger partial charge in [-0.15, -0.1) is 0 Å². The fourth-order valence-corrected chi connectivity index (χ4v) is 3.24. The Kier molecular flexibility index (Phi) is 5.30. The molecule has 116 valence electrons. The van der Waals surface area contributed by atoms with E-state index >= 15 is 0 Å². The maximum absolute atomic E-state index is 12.1. The van der Waals surface area contributed by atoms with Gasteiger partial charge in [0, 0.05) is 19.1 Å². The average molecular weight is 282 g/mol. The monoisotopic (exact) mass is 282 g/mol. The number of hydrogen-bond acceptors (Lipinski definition) is 3. The van der Waals surface area contributed by atoms with Crippen LogP contribution in [0.15, 0.2) is 0 Å². The molecule has 2 rings (SSSR count). The minimum atomic E-state index is -0.393. The lowest BCUT2D eigenvalue weighted by molar-refractivity contribution is 0.0252. The van der Waals surface area contributed by atoms with Crippen LogP contribution in [-0.2, 0) is 4.74 Å². The van der Waals surface area contributed by atoms with Gasteiger partial charge in [-0.1, -0.05) is 6.42 Å². The van der Waals surface area contributed by atoms with E-state index in [0.29, 0.717) is 6.04 Å². The van der Waals surface area contributed by atoms with Crippen molar-refractivity contribution in [2.45, 2.75) is 70.9 Å². The fraction of sp³-hybridized carbons (Fsp3) is 0.938. The van der Waals surface area contributed by atoms with E-state index in [2.05, 4.69) is 4.90 Å². The molecule has 2 heterocycles. The van der Waals surface area contributed by atoms with Crippen LogP contribution < -0.4 is 0 Å². The molecule has 20 heavy (non-hydrogen) atoms. The van der Waals surface area contributed by atoms with E-state index in [-0.39, 0.29) is 6.09 Å². The van der Waals surface area contributed by atoms with Gasteiger partial charge in [0.2, 0.25) is 0 Å². The molecule has 4 heteroatoms. The predicted molar refractivity (Wildman–Crippen MR) is 80.9 cm³/mol. The number of rotatable bonds is 1. The van der Waals surface area contributed by atoms with Crippen molar-refractivity contribution >= 4 is 6.09 Å². The topological polar surface area (TPSA) is 32.8 Å². The molecule has 0 aromatic heterocycles. The fourth-order valence-electron chi connectivity index (χ4n) is 3.24. The lowest BCUT2D eigenvalue weighted by atomic mass is 10.0. The van der Waals surface area contributed by atoms with Gasteiger partial charge in [-0.05, 0) is 66.0 Å². The third kappa shape index (κ3) is 4.65. The molecular formula is C16H30N2O2. The summed E-state index contributed by atoms with van der Waals surface area (Å²) in [5.41, 5.74) is -0.393. The Hall–Kier alpha value is -0.770. The molecule has 0 spiro atoms. The Morgan fingerprint density at radius 1 is 0.950 bits per heavy atom. The van der Waals surface area contributed by atoms with Gasteiger partial charge in [0.25, 0.3) is 0 Å². The second-order valence-corrected chi connectivity index (χ2v) is 7.15. The van der Waals surface area contributed by atoms with Gasteiger partial charge in [-0.3, -0.25) is 0 Å². The Balaban J connectivity index is 1.83. The molecule has 0 aliphatic carbocycles. The normalized spacial score (nSPS) is 26.1. The summed E-state index contributed by atoms with van der Waals surface area (Å²) in [4.78, 5) is 16.7. The highest BCUT2D eigenvalue weighted by molar-refractivity contribution is 5.68. The smallest absolute Gasteiger partial charge is 0.410 e. The van der Waals surface area contributed by atoms with Crippen LogP contribution >= 0.6 is 0 Å². The number of hydrogen-bond donors (Lipinski definition) is 0. The second-order valence-electron chi connectivity index (χ2n) is 7.15. The molecule has 0 saturated carbocycles. The Morgan fingerprint density at radius 2 is 1.65 bits per heavy atom. The number of carbonyl (C=O) groups excluding carboxylic acids is 1. The summed E-state index contributed by atoms with van der Waals surface area (Å²) in [6, 6.07) is 0.669. The van der Waals surface area contributed by atoms with Crippen molar-refractivity contribution in [3.05, 3.63) is 0 Å². The molecule has 1 unspecified atom stereocenters. The molecule has 2 fully saturated rings. The van der Waals surface area contributed by atoms with Gasteiger partial charge < -0.3 is 14.5 Å². The zero-order valence-electron chi connectivity index (χ0n) is 13.4. The third-order valence-electron chi connectivity index (χ3n) is 4.26. The van der Waals surface area contributed by atoms with Gasteiger partial charge in [-0.25, -0.2) is 4.79 Å². The zero-order valence-corrected chi connectivity index (χ0v) is 13.4. The second kappa shape index (κ2) is 6.79. The molecule has 1 amide bonds. The van der Waals surface area contributed by atoms with Crippen LogP contribution in [0.3, 0.4) is 0 Å². The molecule has 0 N–H and O–H groups in total. The average Bonchev–Trinajstić information content (AvgIpc) is 2.63. The number of ether oxygens (including phenoxy) is 1. The highest BCUT2D eigenvalue weighted by atomic mass is 16.6. The first-order chi connectivity index (χ1) is 9.46. The van der Waals surface area contributed by atoms with Gasteiger partial charge in [0.15, 0.2) is 0 Å². The zero-order chi connectivity index (χ0) is 14.6. The first kappa shape index (κ1) is 15.6. The minimum absolute atomic E-state index is 0.142. The number of amides is 1. The van der Waals surface area contributed by atoms with E-state index in [0.717, 1.165) is 25.9 Å².